The van der Waals surface area contributed by atoms with E-state index in [1.54, 1.807) is 37.4 Å². The lowest BCUT2D eigenvalue weighted by Gasteiger charge is -2.09. The average molecular weight is 378 g/mol. The fourth-order valence-electron chi connectivity index (χ4n) is 2.89. The Labute approximate surface area is 158 Å². The molecule has 2 aromatic carbocycles. The van der Waals surface area contributed by atoms with Gasteiger partial charge in [-0.05, 0) is 42.5 Å². The molecule has 0 aliphatic heterocycles. The fraction of sp³-hybridized carbons (Fsp3) is 0.0500. The molecular formula is C20H14N2O4S. The number of aromatic nitrogens is 2. The second-order valence-corrected chi connectivity index (χ2v) is 6.21. The van der Waals surface area contributed by atoms with E-state index in [0.717, 1.165) is 5.56 Å². The standard InChI is InChI=1S/C20H14N2O4S/c1-25-12-6-4-5-11(9-12)14-10-15(22-20(27)21-14)17-18(23)13-7-2-3-8-16(13)26-19(17)24/h2-10,23H,1H3,(H,21,22,27). The highest BCUT2D eigenvalue weighted by molar-refractivity contribution is 7.71. The van der Waals surface area contributed by atoms with Gasteiger partial charge in [0.25, 0.3) is 0 Å². The minimum Gasteiger partial charge on any atom is -0.506 e. The molecule has 6 nitrogen and oxygen atoms in total. The topological polar surface area (TPSA) is 88.4 Å². The lowest BCUT2D eigenvalue weighted by molar-refractivity contribution is 0.415. The van der Waals surface area contributed by atoms with Gasteiger partial charge < -0.3 is 19.2 Å². The zero-order valence-electron chi connectivity index (χ0n) is 14.2. The van der Waals surface area contributed by atoms with Crippen molar-refractivity contribution >= 4 is 23.2 Å². The third-order valence-electron chi connectivity index (χ3n) is 4.17. The third-order valence-corrected chi connectivity index (χ3v) is 4.36. The van der Waals surface area contributed by atoms with Crippen molar-refractivity contribution in [2.45, 2.75) is 0 Å². The van der Waals surface area contributed by atoms with Crippen molar-refractivity contribution in [3.05, 3.63) is 69.8 Å². The molecule has 2 heterocycles. The molecule has 4 aromatic rings. The van der Waals surface area contributed by atoms with Gasteiger partial charge in [-0.15, -0.1) is 0 Å². The Morgan fingerprint density at radius 2 is 1.96 bits per heavy atom. The summed E-state index contributed by atoms with van der Waals surface area (Å²) in [7, 11) is 1.58. The predicted molar refractivity (Wildman–Crippen MR) is 105 cm³/mol. The van der Waals surface area contributed by atoms with Gasteiger partial charge in [0.2, 0.25) is 0 Å². The molecule has 7 heteroatoms. The molecule has 0 aliphatic carbocycles. The summed E-state index contributed by atoms with van der Waals surface area (Å²) >= 11 is 5.22. The van der Waals surface area contributed by atoms with Gasteiger partial charge in [0.1, 0.15) is 22.6 Å². The second-order valence-electron chi connectivity index (χ2n) is 5.83. The number of hydrogen-bond donors (Lipinski definition) is 2. The number of benzene rings is 2. The molecular weight excluding hydrogens is 364 g/mol. The van der Waals surface area contributed by atoms with Gasteiger partial charge in [-0.2, -0.15) is 0 Å². The monoisotopic (exact) mass is 378 g/mol. The molecule has 4 rings (SSSR count). The molecule has 0 fully saturated rings. The molecule has 0 aliphatic rings. The summed E-state index contributed by atoms with van der Waals surface area (Å²) in [5, 5.41) is 11.1. The van der Waals surface area contributed by atoms with Crippen LogP contribution in [0.1, 0.15) is 0 Å². The quantitative estimate of drug-likeness (QED) is 0.408. The fourth-order valence-corrected chi connectivity index (χ4v) is 3.10. The Hall–Kier alpha value is -3.45. The van der Waals surface area contributed by atoms with Crippen LogP contribution < -0.4 is 10.4 Å². The Morgan fingerprint density at radius 1 is 1.15 bits per heavy atom. The zero-order valence-corrected chi connectivity index (χ0v) is 15.0. The highest BCUT2D eigenvalue weighted by Crippen LogP contribution is 2.33. The lowest BCUT2D eigenvalue weighted by atomic mass is 10.1. The van der Waals surface area contributed by atoms with E-state index in [9.17, 15) is 9.90 Å². The molecule has 2 N–H and O–H groups in total. The maximum Gasteiger partial charge on any atom is 0.349 e. The molecule has 0 saturated heterocycles. The number of fused-ring (bicyclic) bond motifs is 1. The van der Waals surface area contributed by atoms with E-state index in [1.807, 2.05) is 24.3 Å². The third kappa shape index (κ3) is 3.09. The maximum absolute atomic E-state index is 12.5. The summed E-state index contributed by atoms with van der Waals surface area (Å²) in [6, 6.07) is 15.7. The van der Waals surface area contributed by atoms with E-state index in [0.29, 0.717) is 28.1 Å². The van der Waals surface area contributed by atoms with Crippen LogP contribution >= 0.6 is 12.2 Å². The number of para-hydroxylation sites is 1. The van der Waals surface area contributed by atoms with Crippen LogP contribution in [0.4, 0.5) is 0 Å². The Balaban J connectivity index is 1.96. The van der Waals surface area contributed by atoms with Gasteiger partial charge in [0, 0.05) is 5.56 Å². The summed E-state index contributed by atoms with van der Waals surface area (Å²) in [4.78, 5) is 19.7. The van der Waals surface area contributed by atoms with Crippen molar-refractivity contribution < 1.29 is 14.3 Å². The van der Waals surface area contributed by atoms with E-state index in [-0.39, 0.29) is 16.1 Å². The van der Waals surface area contributed by atoms with E-state index in [4.69, 9.17) is 21.4 Å². The smallest absolute Gasteiger partial charge is 0.349 e. The summed E-state index contributed by atoms with van der Waals surface area (Å²) < 4.78 is 10.8. The molecule has 0 bridgehead atoms. The highest BCUT2D eigenvalue weighted by atomic mass is 32.1. The first-order valence-electron chi connectivity index (χ1n) is 8.08. The molecule has 27 heavy (non-hydrogen) atoms. The van der Waals surface area contributed by atoms with Crippen LogP contribution in [0, 0.1) is 4.77 Å². The van der Waals surface area contributed by atoms with Crippen LogP contribution in [0.15, 0.2) is 63.8 Å². The molecule has 0 amide bonds. The van der Waals surface area contributed by atoms with Gasteiger partial charge in [-0.3, -0.25) is 0 Å². The van der Waals surface area contributed by atoms with Crippen molar-refractivity contribution in [2.24, 2.45) is 0 Å². The van der Waals surface area contributed by atoms with Crippen molar-refractivity contribution in [3.63, 3.8) is 0 Å². The summed E-state index contributed by atoms with van der Waals surface area (Å²) in [5.74, 6) is 0.498. The van der Waals surface area contributed by atoms with E-state index < -0.39 is 5.63 Å². The lowest BCUT2D eigenvalue weighted by Crippen LogP contribution is -2.05. The van der Waals surface area contributed by atoms with Crippen molar-refractivity contribution in [1.29, 1.82) is 0 Å². The number of aromatic hydroxyl groups is 1. The summed E-state index contributed by atoms with van der Waals surface area (Å²) in [6.45, 7) is 0. The van der Waals surface area contributed by atoms with Gasteiger partial charge in [-0.1, -0.05) is 24.3 Å². The number of nitrogens with zero attached hydrogens (tertiary/aromatic N) is 1. The van der Waals surface area contributed by atoms with Crippen LogP contribution in [0.5, 0.6) is 11.5 Å². The van der Waals surface area contributed by atoms with Gasteiger partial charge in [-0.25, -0.2) is 9.78 Å². The van der Waals surface area contributed by atoms with Crippen molar-refractivity contribution in [1.82, 2.24) is 9.97 Å². The van der Waals surface area contributed by atoms with E-state index in [2.05, 4.69) is 9.97 Å². The minimum absolute atomic E-state index is 0.00588. The molecule has 0 unspecified atom stereocenters. The SMILES string of the molecule is COc1cccc(-c2cc(-c3c(O)c4ccccc4oc3=O)[nH]c(=S)n2)c1. The Morgan fingerprint density at radius 3 is 2.78 bits per heavy atom. The zero-order chi connectivity index (χ0) is 19.0. The first-order valence-corrected chi connectivity index (χ1v) is 8.48. The summed E-state index contributed by atoms with van der Waals surface area (Å²) in [6.07, 6.45) is 0. The largest absolute Gasteiger partial charge is 0.506 e. The first-order chi connectivity index (χ1) is 13.1. The molecule has 0 radical (unpaired) electrons. The number of aromatic amines is 1. The number of hydrogen-bond acceptors (Lipinski definition) is 6. The second kappa shape index (κ2) is 6.69. The normalized spacial score (nSPS) is 10.9. The Kier molecular flexibility index (Phi) is 4.21. The van der Waals surface area contributed by atoms with Crippen LogP contribution in [-0.4, -0.2) is 22.2 Å². The van der Waals surface area contributed by atoms with Crippen LogP contribution in [-0.2, 0) is 0 Å². The highest BCUT2D eigenvalue weighted by Gasteiger charge is 2.17. The minimum atomic E-state index is -0.667. The number of nitrogens with one attached hydrogen (secondary N) is 1. The van der Waals surface area contributed by atoms with E-state index in [1.165, 1.54) is 0 Å². The van der Waals surface area contributed by atoms with Gasteiger partial charge in [0.15, 0.2) is 4.77 Å². The van der Waals surface area contributed by atoms with Crippen molar-refractivity contribution in [2.75, 3.05) is 7.11 Å². The van der Waals surface area contributed by atoms with Crippen LogP contribution in [0.2, 0.25) is 0 Å². The van der Waals surface area contributed by atoms with Gasteiger partial charge >= 0.3 is 5.63 Å². The number of ether oxygens (including phenoxy) is 1. The maximum atomic E-state index is 12.5. The average Bonchev–Trinajstić information content (AvgIpc) is 2.67. The molecule has 0 atom stereocenters. The first kappa shape index (κ1) is 17.0. The van der Waals surface area contributed by atoms with E-state index >= 15 is 0 Å². The molecule has 134 valence electrons. The van der Waals surface area contributed by atoms with Crippen molar-refractivity contribution in [3.8, 4) is 34.0 Å². The number of rotatable bonds is 3. The predicted octanol–water partition coefficient (Wildman–Crippen LogP) is 4.29. The number of methoxy groups -OCH3 is 1. The molecule has 2 aromatic heterocycles. The molecule has 0 spiro atoms. The molecule has 0 saturated carbocycles. The van der Waals surface area contributed by atoms with Gasteiger partial charge in [0.05, 0.1) is 23.9 Å². The number of H-pyrrole nitrogens is 1. The van der Waals surface area contributed by atoms with Crippen LogP contribution in [0.25, 0.3) is 33.5 Å². The van der Waals surface area contributed by atoms with Crippen LogP contribution in [0.3, 0.4) is 0 Å². The summed E-state index contributed by atoms with van der Waals surface area (Å²) in [5.41, 5.74) is 1.28. The Bertz CT molecular complexity index is 1280.